The average molecular weight is 375 g/mol. The molecule has 2 rings (SSSR count). The normalized spacial score (nSPS) is 10.5. The lowest BCUT2D eigenvalue weighted by atomic mass is 10.0. The minimum absolute atomic E-state index is 0.138. The van der Waals surface area contributed by atoms with E-state index in [4.69, 9.17) is 4.74 Å². The summed E-state index contributed by atoms with van der Waals surface area (Å²) in [7, 11) is 0. The van der Waals surface area contributed by atoms with E-state index in [-0.39, 0.29) is 31.4 Å². The lowest BCUT2D eigenvalue weighted by molar-refractivity contribution is -0.137. The van der Waals surface area contributed by atoms with E-state index in [1.807, 2.05) is 30.3 Å². The maximum atomic E-state index is 12.9. The summed E-state index contributed by atoms with van der Waals surface area (Å²) in [4.78, 5) is 22.2. The van der Waals surface area contributed by atoms with Crippen molar-refractivity contribution in [1.29, 1.82) is 0 Å². The summed E-state index contributed by atoms with van der Waals surface area (Å²) in [6.07, 6.45) is -4.84. The molecule has 0 aliphatic carbocycles. The van der Waals surface area contributed by atoms with Crippen molar-refractivity contribution in [2.75, 3.05) is 6.54 Å². The number of carbonyl (C=O) groups excluding carboxylic acids is 2. The van der Waals surface area contributed by atoms with E-state index in [0.29, 0.717) is 0 Å². The first-order valence-electron chi connectivity index (χ1n) is 8.00. The minimum atomic E-state index is -4.63. The van der Waals surface area contributed by atoms with E-state index in [1.54, 1.807) is 0 Å². The number of halogens is 3. The van der Waals surface area contributed by atoms with Crippen molar-refractivity contribution >= 4 is 12.4 Å². The number of nitrogens with one attached hydrogen (secondary N) is 1. The fraction of sp³-hybridized carbons (Fsp3) is 0.200. The maximum absolute atomic E-state index is 12.9. The first kappa shape index (κ1) is 20.0. The molecule has 0 spiro atoms. The zero-order valence-corrected chi connectivity index (χ0v) is 14.2. The highest BCUT2D eigenvalue weighted by atomic mass is 19.4. The van der Waals surface area contributed by atoms with Crippen molar-refractivity contribution < 1.29 is 27.5 Å². The van der Waals surface area contributed by atoms with Gasteiger partial charge in [0.2, 0.25) is 0 Å². The zero-order chi connectivity index (χ0) is 19.7. The maximum Gasteiger partial charge on any atom is 0.417 e. The monoisotopic (exact) mass is 375 g/mol. The number of hydrogen-bond acceptors (Lipinski definition) is 3. The molecule has 0 aliphatic rings. The fourth-order valence-corrected chi connectivity index (χ4v) is 2.15. The molecule has 0 aromatic heterocycles. The van der Waals surface area contributed by atoms with Crippen LogP contribution in [-0.2, 0) is 17.5 Å². The molecule has 0 saturated heterocycles. The predicted molar refractivity (Wildman–Crippen MR) is 93.0 cm³/mol. The van der Waals surface area contributed by atoms with Gasteiger partial charge in [-0.3, -0.25) is 4.79 Å². The smallest absolute Gasteiger partial charge is 0.417 e. The number of amides is 1. The van der Waals surface area contributed by atoms with Crippen LogP contribution in [0.3, 0.4) is 0 Å². The molecule has 2 aromatic carbocycles. The first-order chi connectivity index (χ1) is 12.9. The molecule has 1 amide bonds. The Bertz CT molecular complexity index is 852. The van der Waals surface area contributed by atoms with Gasteiger partial charge in [-0.15, -0.1) is 0 Å². The third-order valence-corrected chi connectivity index (χ3v) is 3.45. The minimum Gasteiger partial charge on any atom is -0.445 e. The lowest BCUT2D eigenvalue weighted by Gasteiger charge is -2.09. The Morgan fingerprint density at radius 2 is 1.89 bits per heavy atom. The van der Waals surface area contributed by atoms with E-state index in [9.17, 15) is 22.8 Å². The Balaban J connectivity index is 1.82. The largest absolute Gasteiger partial charge is 0.445 e. The van der Waals surface area contributed by atoms with Crippen LogP contribution in [0.25, 0.3) is 0 Å². The van der Waals surface area contributed by atoms with Gasteiger partial charge in [0.15, 0.2) is 6.29 Å². The molecule has 7 heteroatoms. The number of alkyl carbamates (subject to hydrolysis) is 1. The zero-order valence-electron chi connectivity index (χ0n) is 14.2. The Labute approximate surface area is 154 Å². The van der Waals surface area contributed by atoms with E-state index < -0.39 is 23.4 Å². The summed E-state index contributed by atoms with van der Waals surface area (Å²) in [5, 5.41) is 2.50. The molecule has 0 fully saturated rings. The molecular formula is C20H16F3NO3. The lowest BCUT2D eigenvalue weighted by Crippen LogP contribution is -2.24. The van der Waals surface area contributed by atoms with Crippen molar-refractivity contribution in [2.45, 2.75) is 19.2 Å². The second kappa shape index (κ2) is 9.43. The topological polar surface area (TPSA) is 55.4 Å². The van der Waals surface area contributed by atoms with Gasteiger partial charge in [-0.05, 0) is 23.8 Å². The molecular weight excluding hydrogens is 359 g/mol. The summed E-state index contributed by atoms with van der Waals surface area (Å²) in [6, 6.07) is 12.4. The van der Waals surface area contributed by atoms with Crippen LogP contribution in [0.4, 0.5) is 18.0 Å². The Morgan fingerprint density at radius 3 is 2.56 bits per heavy atom. The van der Waals surface area contributed by atoms with Crippen LogP contribution in [0.2, 0.25) is 0 Å². The van der Waals surface area contributed by atoms with Crippen molar-refractivity contribution in [3.63, 3.8) is 0 Å². The standard InChI is InChI=1S/C20H16F3NO3/c21-20(22,23)18-12-15(9-10-17(18)13-25)6-4-5-11-24-19(26)27-14-16-7-2-1-3-8-16/h1-3,7-10,12-13H,5,11,14H2,(H,24,26). The molecule has 0 saturated carbocycles. The Kier molecular flexibility index (Phi) is 7.00. The Morgan fingerprint density at radius 1 is 1.15 bits per heavy atom. The summed E-state index contributed by atoms with van der Waals surface area (Å²) >= 11 is 0. The van der Waals surface area contributed by atoms with Gasteiger partial charge in [0, 0.05) is 24.1 Å². The van der Waals surface area contributed by atoms with Gasteiger partial charge in [0.1, 0.15) is 6.61 Å². The number of hydrogen-bond donors (Lipinski definition) is 1. The highest BCUT2D eigenvalue weighted by Gasteiger charge is 2.33. The molecule has 0 unspecified atom stereocenters. The molecule has 4 nitrogen and oxygen atoms in total. The van der Waals surface area contributed by atoms with Crippen LogP contribution < -0.4 is 5.32 Å². The van der Waals surface area contributed by atoms with Crippen LogP contribution in [0.15, 0.2) is 48.5 Å². The molecule has 0 radical (unpaired) electrons. The van der Waals surface area contributed by atoms with Gasteiger partial charge < -0.3 is 10.1 Å². The second-order valence-corrected chi connectivity index (χ2v) is 5.46. The average Bonchev–Trinajstić information content (AvgIpc) is 2.66. The molecule has 0 atom stereocenters. The number of aldehydes is 1. The highest BCUT2D eigenvalue weighted by Crippen LogP contribution is 2.31. The van der Waals surface area contributed by atoms with Crippen LogP contribution in [-0.4, -0.2) is 18.9 Å². The SMILES string of the molecule is O=Cc1ccc(C#CCCNC(=O)OCc2ccccc2)cc1C(F)(F)F. The molecule has 1 N–H and O–H groups in total. The molecule has 27 heavy (non-hydrogen) atoms. The van der Waals surface area contributed by atoms with E-state index in [2.05, 4.69) is 17.2 Å². The summed E-state index contributed by atoms with van der Waals surface area (Å²) in [6.45, 7) is 0.334. The van der Waals surface area contributed by atoms with Gasteiger partial charge in [-0.1, -0.05) is 42.2 Å². The van der Waals surface area contributed by atoms with Crippen molar-refractivity contribution in [3.8, 4) is 11.8 Å². The van der Waals surface area contributed by atoms with Crippen LogP contribution >= 0.6 is 0 Å². The number of benzene rings is 2. The summed E-state index contributed by atoms with van der Waals surface area (Å²) in [5.74, 6) is 5.25. The molecule has 0 aliphatic heterocycles. The fourth-order valence-electron chi connectivity index (χ4n) is 2.15. The third-order valence-electron chi connectivity index (χ3n) is 3.45. The van der Waals surface area contributed by atoms with Crippen molar-refractivity contribution in [2.24, 2.45) is 0 Å². The predicted octanol–water partition coefficient (Wildman–Crippen LogP) is 4.19. The van der Waals surface area contributed by atoms with E-state index >= 15 is 0 Å². The molecule has 0 bridgehead atoms. The number of ether oxygens (including phenoxy) is 1. The van der Waals surface area contributed by atoms with Crippen LogP contribution in [0.1, 0.15) is 33.5 Å². The molecule has 140 valence electrons. The van der Waals surface area contributed by atoms with Crippen molar-refractivity contribution in [1.82, 2.24) is 5.32 Å². The summed E-state index contributed by atoms with van der Waals surface area (Å²) < 4.78 is 43.6. The van der Waals surface area contributed by atoms with E-state index in [1.165, 1.54) is 6.07 Å². The number of rotatable bonds is 5. The van der Waals surface area contributed by atoms with E-state index in [0.717, 1.165) is 17.7 Å². The second-order valence-electron chi connectivity index (χ2n) is 5.46. The summed E-state index contributed by atoms with van der Waals surface area (Å²) in [5.41, 5.74) is -0.464. The molecule has 0 heterocycles. The van der Waals surface area contributed by atoms with Gasteiger partial charge in [0.25, 0.3) is 0 Å². The highest BCUT2D eigenvalue weighted by molar-refractivity contribution is 5.78. The number of alkyl halides is 3. The molecule has 2 aromatic rings. The first-order valence-corrected chi connectivity index (χ1v) is 8.00. The van der Waals surface area contributed by atoms with Gasteiger partial charge in [-0.2, -0.15) is 13.2 Å². The van der Waals surface area contributed by atoms with Crippen LogP contribution in [0, 0.1) is 11.8 Å². The Hall–Kier alpha value is -3.27. The van der Waals surface area contributed by atoms with Gasteiger partial charge in [-0.25, -0.2) is 4.79 Å². The third kappa shape index (κ3) is 6.51. The quantitative estimate of drug-likeness (QED) is 0.484. The number of carbonyl (C=O) groups is 2. The van der Waals surface area contributed by atoms with Gasteiger partial charge >= 0.3 is 12.3 Å². The van der Waals surface area contributed by atoms with Crippen molar-refractivity contribution in [3.05, 3.63) is 70.8 Å². The van der Waals surface area contributed by atoms with Crippen LogP contribution in [0.5, 0.6) is 0 Å². The van der Waals surface area contributed by atoms with Gasteiger partial charge in [0.05, 0.1) is 5.56 Å².